The van der Waals surface area contributed by atoms with E-state index in [4.69, 9.17) is 5.73 Å². The Hall–Kier alpha value is -1.98. The smallest absolute Gasteiger partial charge is 0.244 e. The maximum Gasteiger partial charge on any atom is 0.244 e. The fourth-order valence-corrected chi connectivity index (χ4v) is 3.04. The van der Waals surface area contributed by atoms with Gasteiger partial charge in [0, 0.05) is 0 Å². The van der Waals surface area contributed by atoms with E-state index in [-0.39, 0.29) is 11.8 Å². The molecule has 0 radical (unpaired) electrons. The van der Waals surface area contributed by atoms with E-state index >= 15 is 0 Å². The Labute approximate surface area is 123 Å². The monoisotopic (exact) mass is 287 g/mol. The van der Waals surface area contributed by atoms with Gasteiger partial charge in [-0.2, -0.15) is 9.97 Å². The summed E-state index contributed by atoms with van der Waals surface area (Å²) >= 11 is 0. The highest BCUT2D eigenvalue weighted by atomic mass is 16.3. The highest BCUT2D eigenvalue weighted by Gasteiger charge is 2.18. The van der Waals surface area contributed by atoms with Crippen molar-refractivity contribution in [1.29, 1.82) is 0 Å². The van der Waals surface area contributed by atoms with Crippen molar-refractivity contribution in [2.24, 2.45) is 11.8 Å². The molecule has 0 amide bonds. The van der Waals surface area contributed by atoms with Crippen LogP contribution in [0.4, 0.5) is 5.95 Å². The van der Waals surface area contributed by atoms with Crippen LogP contribution >= 0.6 is 0 Å². The van der Waals surface area contributed by atoms with Crippen molar-refractivity contribution in [2.75, 3.05) is 5.73 Å². The summed E-state index contributed by atoms with van der Waals surface area (Å²) in [4.78, 5) is 16.3. The number of nitrogens with zero attached hydrogens (tertiary/aromatic N) is 4. The van der Waals surface area contributed by atoms with Crippen LogP contribution in [-0.2, 0) is 6.42 Å². The summed E-state index contributed by atoms with van der Waals surface area (Å²) in [5, 5.41) is 9.79. The second-order valence-electron chi connectivity index (χ2n) is 6.10. The molecular formula is C15H21N5O. The quantitative estimate of drug-likeness (QED) is 0.900. The first-order valence-corrected chi connectivity index (χ1v) is 7.60. The number of nitrogens with two attached hydrogens (primary N) is 1. The second kappa shape index (κ2) is 5.79. The molecule has 2 aromatic heterocycles. The van der Waals surface area contributed by atoms with Crippen LogP contribution < -0.4 is 5.73 Å². The Kier molecular flexibility index (Phi) is 3.86. The predicted octanol–water partition coefficient (Wildman–Crippen LogP) is 2.47. The lowest BCUT2D eigenvalue weighted by molar-refractivity contribution is 0.277. The fraction of sp³-hybridized carbons (Fsp3) is 0.600. The van der Waals surface area contributed by atoms with Crippen LogP contribution in [0.5, 0.6) is 5.88 Å². The van der Waals surface area contributed by atoms with Crippen molar-refractivity contribution >= 4 is 17.1 Å². The number of aromatic nitrogens is 4. The maximum absolute atomic E-state index is 9.79. The minimum atomic E-state index is -0.196. The molecule has 0 aliphatic heterocycles. The zero-order valence-corrected chi connectivity index (χ0v) is 12.3. The van der Waals surface area contributed by atoms with E-state index in [0.29, 0.717) is 11.2 Å². The van der Waals surface area contributed by atoms with Gasteiger partial charge in [0.1, 0.15) is 0 Å². The summed E-state index contributed by atoms with van der Waals surface area (Å²) < 4.78 is 0. The molecule has 0 spiro atoms. The van der Waals surface area contributed by atoms with Crippen LogP contribution in [0.1, 0.15) is 44.7 Å². The van der Waals surface area contributed by atoms with Gasteiger partial charge in [0.05, 0.1) is 11.9 Å². The third-order valence-corrected chi connectivity index (χ3v) is 4.40. The molecule has 3 rings (SSSR count). The fourth-order valence-electron chi connectivity index (χ4n) is 3.04. The molecule has 6 nitrogen and oxygen atoms in total. The summed E-state index contributed by atoms with van der Waals surface area (Å²) in [6, 6.07) is 0. The molecule has 2 heterocycles. The van der Waals surface area contributed by atoms with Gasteiger partial charge in [0.15, 0.2) is 11.2 Å². The van der Waals surface area contributed by atoms with Gasteiger partial charge in [-0.15, -0.1) is 0 Å². The first-order chi connectivity index (χ1) is 10.1. The molecule has 0 aromatic carbocycles. The summed E-state index contributed by atoms with van der Waals surface area (Å²) in [5.74, 6) is 1.48. The first kappa shape index (κ1) is 14.0. The minimum Gasteiger partial charge on any atom is -0.492 e. The van der Waals surface area contributed by atoms with Crippen LogP contribution in [0, 0.1) is 11.8 Å². The van der Waals surface area contributed by atoms with Crippen LogP contribution in [0.25, 0.3) is 11.2 Å². The minimum absolute atomic E-state index is 0.0124. The third kappa shape index (κ3) is 3.20. The number of fused-ring (bicyclic) bond motifs is 1. The molecule has 0 unspecified atom stereocenters. The van der Waals surface area contributed by atoms with Gasteiger partial charge in [-0.3, -0.25) is 0 Å². The van der Waals surface area contributed by atoms with E-state index in [2.05, 4.69) is 26.9 Å². The van der Waals surface area contributed by atoms with Crippen molar-refractivity contribution in [2.45, 2.75) is 45.4 Å². The van der Waals surface area contributed by atoms with Crippen molar-refractivity contribution < 1.29 is 5.11 Å². The Balaban J connectivity index is 1.70. The third-order valence-electron chi connectivity index (χ3n) is 4.40. The highest BCUT2D eigenvalue weighted by molar-refractivity contribution is 5.75. The average molecular weight is 287 g/mol. The molecular weight excluding hydrogens is 266 g/mol. The average Bonchev–Trinajstić information content (AvgIpc) is 2.47. The second-order valence-corrected chi connectivity index (χ2v) is 6.10. The molecule has 1 aliphatic carbocycles. The summed E-state index contributed by atoms with van der Waals surface area (Å²) in [6.07, 6.45) is 9.03. The van der Waals surface area contributed by atoms with E-state index in [9.17, 15) is 5.11 Å². The molecule has 0 bridgehead atoms. The zero-order chi connectivity index (χ0) is 14.8. The van der Waals surface area contributed by atoms with E-state index in [1.165, 1.54) is 25.7 Å². The molecule has 2 aromatic rings. The normalized spacial score (nSPS) is 22.5. The number of anilines is 1. The van der Waals surface area contributed by atoms with Gasteiger partial charge in [0.2, 0.25) is 11.8 Å². The maximum atomic E-state index is 9.79. The first-order valence-electron chi connectivity index (χ1n) is 7.60. The highest BCUT2D eigenvalue weighted by Crippen LogP contribution is 2.31. The SMILES string of the molecule is C[C@H]1CC[C@H](CCc2cnc3nc(N)nc(O)c3n2)CC1. The summed E-state index contributed by atoms with van der Waals surface area (Å²) in [6.45, 7) is 2.33. The van der Waals surface area contributed by atoms with E-state index in [1.54, 1.807) is 6.20 Å². The standard InChI is InChI=1S/C15H21N5O/c1-9-2-4-10(5-3-9)6-7-11-8-17-13-12(18-11)14(21)20-15(16)19-13/h8-10H,2-7H2,1H3,(H3,16,17,19,20,21)/t9-,10-. The van der Waals surface area contributed by atoms with Gasteiger partial charge in [0.25, 0.3) is 0 Å². The van der Waals surface area contributed by atoms with Crippen LogP contribution in [-0.4, -0.2) is 25.0 Å². The number of aryl methyl sites for hydroxylation is 1. The molecule has 1 saturated carbocycles. The van der Waals surface area contributed by atoms with Gasteiger partial charge in [-0.05, 0) is 24.7 Å². The molecule has 0 atom stereocenters. The number of rotatable bonds is 3. The van der Waals surface area contributed by atoms with Gasteiger partial charge < -0.3 is 10.8 Å². The molecule has 0 saturated heterocycles. The number of nitrogen functional groups attached to an aromatic ring is 1. The number of aromatic hydroxyl groups is 1. The van der Waals surface area contributed by atoms with Crippen LogP contribution in [0.2, 0.25) is 0 Å². The van der Waals surface area contributed by atoms with Crippen molar-refractivity contribution in [3.05, 3.63) is 11.9 Å². The Bertz CT molecular complexity index is 637. The van der Waals surface area contributed by atoms with Gasteiger partial charge in [-0.25, -0.2) is 9.97 Å². The Morgan fingerprint density at radius 1 is 1.19 bits per heavy atom. The van der Waals surface area contributed by atoms with Crippen molar-refractivity contribution in [1.82, 2.24) is 19.9 Å². The van der Waals surface area contributed by atoms with E-state index in [0.717, 1.165) is 30.4 Å². The van der Waals surface area contributed by atoms with Crippen molar-refractivity contribution in [3.63, 3.8) is 0 Å². The summed E-state index contributed by atoms with van der Waals surface area (Å²) in [7, 11) is 0. The lowest BCUT2D eigenvalue weighted by atomic mass is 9.81. The van der Waals surface area contributed by atoms with Gasteiger partial charge >= 0.3 is 0 Å². The lowest BCUT2D eigenvalue weighted by Gasteiger charge is -2.25. The topological polar surface area (TPSA) is 97.8 Å². The van der Waals surface area contributed by atoms with E-state index < -0.39 is 0 Å². The van der Waals surface area contributed by atoms with Gasteiger partial charge in [-0.1, -0.05) is 32.6 Å². The van der Waals surface area contributed by atoms with Crippen molar-refractivity contribution in [3.8, 4) is 5.88 Å². The Morgan fingerprint density at radius 3 is 2.71 bits per heavy atom. The molecule has 21 heavy (non-hydrogen) atoms. The van der Waals surface area contributed by atoms with Crippen LogP contribution in [0.3, 0.4) is 0 Å². The predicted molar refractivity (Wildman–Crippen MR) is 80.6 cm³/mol. The largest absolute Gasteiger partial charge is 0.492 e. The van der Waals surface area contributed by atoms with E-state index in [1.807, 2.05) is 0 Å². The van der Waals surface area contributed by atoms with Crippen LogP contribution in [0.15, 0.2) is 6.20 Å². The number of hydrogen-bond acceptors (Lipinski definition) is 6. The lowest BCUT2D eigenvalue weighted by Crippen LogP contribution is -2.13. The number of hydrogen-bond donors (Lipinski definition) is 2. The molecule has 112 valence electrons. The molecule has 1 fully saturated rings. The zero-order valence-electron chi connectivity index (χ0n) is 12.3. The Morgan fingerprint density at radius 2 is 1.95 bits per heavy atom. The molecule has 1 aliphatic rings. The molecule has 6 heteroatoms. The summed E-state index contributed by atoms with van der Waals surface area (Å²) in [5.41, 5.74) is 7.03. The molecule has 3 N–H and O–H groups in total.